The minimum Gasteiger partial charge on any atom is -0.872 e. The molecule has 0 aromatic heterocycles. The highest BCUT2D eigenvalue weighted by Gasteiger charge is 2.10. The first-order valence-electron chi connectivity index (χ1n) is 4.11. The molecule has 0 radical (unpaired) electrons. The number of nitrogens with zero attached hydrogens (tertiary/aromatic N) is 2. The highest BCUT2D eigenvalue weighted by Crippen LogP contribution is 2.12. The Morgan fingerprint density at radius 3 is 1.43 bits per heavy atom. The van der Waals surface area contributed by atoms with Gasteiger partial charge in [0.15, 0.2) is 0 Å². The van der Waals surface area contributed by atoms with E-state index in [9.17, 15) is 10.2 Å². The fourth-order valence-corrected chi connectivity index (χ4v) is 1.40. The second-order valence-electron chi connectivity index (χ2n) is 3.10. The minimum absolute atomic E-state index is 0.171. The Labute approximate surface area is 78.9 Å². The van der Waals surface area contributed by atoms with E-state index in [1.165, 1.54) is 12.1 Å². The van der Waals surface area contributed by atoms with Crippen LogP contribution in [0.15, 0.2) is 22.1 Å². The minimum atomic E-state index is -0.171. The quantitative estimate of drug-likeness (QED) is 0.478. The van der Waals surface area contributed by atoms with E-state index < -0.39 is 0 Å². The van der Waals surface area contributed by atoms with Gasteiger partial charge in [0, 0.05) is 10.4 Å². The van der Waals surface area contributed by atoms with Crippen LogP contribution in [0.25, 0.3) is 11.4 Å². The van der Waals surface area contributed by atoms with Gasteiger partial charge in [0.1, 0.15) is 0 Å². The lowest BCUT2D eigenvalue weighted by molar-refractivity contribution is -0.276. The zero-order valence-corrected chi connectivity index (χ0v) is 7.02. The molecule has 2 aliphatic rings. The molecule has 4 heteroatoms. The first kappa shape index (κ1) is 7.32. The van der Waals surface area contributed by atoms with Crippen molar-refractivity contribution in [3.8, 4) is 11.5 Å². The maximum absolute atomic E-state index is 11.5. The Bertz CT molecular complexity index is 541. The van der Waals surface area contributed by atoms with Gasteiger partial charge in [-0.15, -0.1) is 0 Å². The van der Waals surface area contributed by atoms with Crippen molar-refractivity contribution in [2.75, 3.05) is 0 Å². The summed E-state index contributed by atoms with van der Waals surface area (Å²) in [5.41, 5.74) is 1.21. The molecule has 0 N–H and O–H groups in total. The summed E-state index contributed by atoms with van der Waals surface area (Å²) in [5, 5.41) is 23.8. The number of hydrogen-bond acceptors (Lipinski definition) is 4. The van der Waals surface area contributed by atoms with Crippen LogP contribution >= 0.6 is 0 Å². The molecule has 0 unspecified atom stereocenters. The van der Waals surface area contributed by atoms with Gasteiger partial charge in [-0.05, 0) is 0 Å². The summed E-state index contributed by atoms with van der Waals surface area (Å²) in [7, 11) is 0. The second-order valence-corrected chi connectivity index (χ2v) is 3.10. The number of aliphatic imine (C=N–C) groups is 2. The summed E-state index contributed by atoms with van der Waals surface area (Å²) in [4.78, 5) is 7.66. The predicted octanol–water partition coefficient (Wildman–Crippen LogP) is -1.78. The van der Waals surface area contributed by atoms with Crippen LogP contribution in [0.1, 0.15) is 0 Å². The summed E-state index contributed by atoms with van der Waals surface area (Å²) in [6, 6.07) is 2.55. The third-order valence-corrected chi connectivity index (χ3v) is 2.16. The van der Waals surface area contributed by atoms with E-state index in [2.05, 4.69) is 9.98 Å². The zero-order valence-electron chi connectivity index (χ0n) is 7.02. The van der Waals surface area contributed by atoms with Crippen LogP contribution in [-0.2, 0) is 0 Å². The van der Waals surface area contributed by atoms with E-state index in [4.69, 9.17) is 0 Å². The highest BCUT2D eigenvalue weighted by atomic mass is 16.3. The van der Waals surface area contributed by atoms with Crippen LogP contribution in [0, 0.1) is 0 Å². The monoisotopic (exact) mass is 184 g/mol. The first-order chi connectivity index (χ1) is 6.77. The van der Waals surface area contributed by atoms with E-state index in [1.807, 2.05) is 0 Å². The van der Waals surface area contributed by atoms with Gasteiger partial charge in [0.25, 0.3) is 0 Å². The van der Waals surface area contributed by atoms with Crippen molar-refractivity contribution >= 4 is 23.8 Å². The molecule has 2 heterocycles. The lowest BCUT2D eigenvalue weighted by Crippen LogP contribution is -2.32. The van der Waals surface area contributed by atoms with Gasteiger partial charge in [-0.2, -0.15) is 0 Å². The lowest BCUT2D eigenvalue weighted by Gasteiger charge is -2.12. The maximum Gasteiger partial charge on any atom is 0.0886 e. The molecule has 0 amide bonds. The molecule has 14 heavy (non-hydrogen) atoms. The van der Waals surface area contributed by atoms with Gasteiger partial charge >= 0.3 is 0 Å². The largest absolute Gasteiger partial charge is 0.872 e. The summed E-state index contributed by atoms with van der Waals surface area (Å²) < 4.78 is 0. The molecule has 4 nitrogen and oxygen atoms in total. The summed E-state index contributed by atoms with van der Waals surface area (Å²) in [6.07, 6.45) is 3.14. The van der Waals surface area contributed by atoms with Gasteiger partial charge in [-0.1, -0.05) is 23.6 Å². The van der Waals surface area contributed by atoms with Crippen LogP contribution in [0.3, 0.4) is 0 Å². The van der Waals surface area contributed by atoms with Crippen molar-refractivity contribution in [2.24, 2.45) is 9.98 Å². The Morgan fingerprint density at radius 1 is 0.786 bits per heavy atom. The molecule has 0 aliphatic carbocycles. The second kappa shape index (κ2) is 2.23. The van der Waals surface area contributed by atoms with Crippen molar-refractivity contribution < 1.29 is 10.2 Å². The summed E-state index contributed by atoms with van der Waals surface area (Å²) >= 11 is 0. The van der Waals surface area contributed by atoms with Crippen LogP contribution < -0.4 is 20.7 Å². The number of rotatable bonds is 0. The molecule has 1 aromatic rings. The van der Waals surface area contributed by atoms with Crippen molar-refractivity contribution in [1.29, 1.82) is 0 Å². The third-order valence-electron chi connectivity index (χ3n) is 2.16. The smallest absolute Gasteiger partial charge is 0.0886 e. The molecule has 68 valence electrons. The Balaban J connectivity index is 2.54. The van der Waals surface area contributed by atoms with E-state index in [-0.39, 0.29) is 11.5 Å². The molecule has 0 saturated heterocycles. The van der Waals surface area contributed by atoms with E-state index in [0.29, 0.717) is 21.8 Å². The molecule has 0 fully saturated rings. The van der Waals surface area contributed by atoms with Crippen molar-refractivity contribution in [3.05, 3.63) is 22.6 Å². The van der Waals surface area contributed by atoms with Gasteiger partial charge < -0.3 is 10.2 Å². The topological polar surface area (TPSA) is 70.8 Å². The standard InChI is InChI=1S/C10H6N2O2/c13-7-1-2-8(14)10(6-4-12-6)9(7)5-3-11-5/h1-4,13-14H/p-2/b9-5-,10-6+. The van der Waals surface area contributed by atoms with Crippen molar-refractivity contribution in [3.63, 3.8) is 0 Å². The first-order valence-corrected chi connectivity index (χ1v) is 4.11. The summed E-state index contributed by atoms with van der Waals surface area (Å²) in [6.45, 7) is 0. The highest BCUT2D eigenvalue weighted by molar-refractivity contribution is 6.19. The van der Waals surface area contributed by atoms with Crippen LogP contribution in [-0.4, -0.2) is 12.4 Å². The normalized spacial score (nSPS) is 24.0. The maximum atomic E-state index is 11.5. The molecule has 0 atom stereocenters. The molecule has 2 aliphatic heterocycles. The van der Waals surface area contributed by atoms with Gasteiger partial charge in [-0.25, -0.2) is 0 Å². The van der Waals surface area contributed by atoms with Gasteiger partial charge in [0.2, 0.25) is 0 Å². The predicted molar refractivity (Wildman–Crippen MR) is 48.4 cm³/mol. The fourth-order valence-electron chi connectivity index (χ4n) is 1.40. The van der Waals surface area contributed by atoms with Crippen molar-refractivity contribution in [2.45, 2.75) is 0 Å². The van der Waals surface area contributed by atoms with Gasteiger partial charge in [-0.3, -0.25) is 9.98 Å². The zero-order chi connectivity index (χ0) is 9.71. The van der Waals surface area contributed by atoms with Crippen LogP contribution in [0.5, 0.6) is 11.5 Å². The van der Waals surface area contributed by atoms with E-state index in [1.54, 1.807) is 12.4 Å². The van der Waals surface area contributed by atoms with Crippen LogP contribution in [0.2, 0.25) is 0 Å². The van der Waals surface area contributed by atoms with Crippen molar-refractivity contribution in [1.82, 2.24) is 0 Å². The Kier molecular flexibility index (Phi) is 1.16. The third kappa shape index (κ3) is 0.939. The molecule has 0 saturated carbocycles. The average Bonchev–Trinajstić information content (AvgIpc) is 3.02. The lowest BCUT2D eigenvalue weighted by atomic mass is 10.2. The molecule has 1 aromatic carbocycles. The molecule has 3 rings (SSSR count). The SMILES string of the molecule is [O-]c1ccc([O-])c(=C2C=N\2)/c1=C1C=N\1. The molecular formula is C10H4N2O2-2. The fraction of sp³-hybridized carbons (Fsp3) is 0. The molecule has 0 bridgehead atoms. The van der Waals surface area contributed by atoms with Gasteiger partial charge in [0.05, 0.1) is 23.8 Å². The Morgan fingerprint density at radius 2 is 1.14 bits per heavy atom. The van der Waals surface area contributed by atoms with E-state index in [0.717, 1.165) is 0 Å². The molecule has 0 spiro atoms. The number of benzene rings is 1. The molecular weight excluding hydrogens is 180 g/mol. The Hall–Kier alpha value is -2.10. The summed E-state index contributed by atoms with van der Waals surface area (Å²) in [5.74, 6) is -0.342. The van der Waals surface area contributed by atoms with Crippen LogP contribution in [0.4, 0.5) is 0 Å². The number of hydrogen-bond donors (Lipinski definition) is 0. The van der Waals surface area contributed by atoms with E-state index >= 15 is 0 Å². The average molecular weight is 184 g/mol.